The zero-order valence-corrected chi connectivity index (χ0v) is 26.4. The number of rotatable bonds is 15. The van der Waals surface area contributed by atoms with Crippen LogP contribution >= 0.6 is 0 Å². The fourth-order valence-corrected chi connectivity index (χ4v) is 6.16. The Balaban J connectivity index is 2.11. The van der Waals surface area contributed by atoms with Gasteiger partial charge < -0.3 is 24.4 Å². The van der Waals surface area contributed by atoms with Crippen molar-refractivity contribution in [2.24, 2.45) is 0 Å². The van der Waals surface area contributed by atoms with Gasteiger partial charge in [-0.05, 0) is 69.2 Å². The predicted molar refractivity (Wildman–Crippen MR) is 166 cm³/mol. The fourth-order valence-electron chi connectivity index (χ4n) is 4.73. The minimum atomic E-state index is -4.30. The molecule has 3 aromatic carbocycles. The van der Waals surface area contributed by atoms with Crippen LogP contribution < -0.4 is 23.8 Å². The average molecular weight is 612 g/mol. The molecule has 0 aliphatic heterocycles. The Morgan fingerprint density at radius 3 is 2.19 bits per heavy atom. The van der Waals surface area contributed by atoms with Crippen molar-refractivity contribution in [3.8, 4) is 17.2 Å². The lowest BCUT2D eigenvalue weighted by Gasteiger charge is -2.33. The van der Waals surface area contributed by atoms with Crippen LogP contribution in [0, 0.1) is 6.92 Å². The summed E-state index contributed by atoms with van der Waals surface area (Å²) < 4.78 is 45.6. The molecule has 0 heterocycles. The van der Waals surface area contributed by atoms with E-state index >= 15 is 0 Å². The molecule has 0 radical (unpaired) electrons. The first-order valence-electron chi connectivity index (χ1n) is 14.2. The molecule has 0 saturated carbocycles. The second-order valence-electron chi connectivity index (χ2n) is 9.78. The number of sulfonamides is 1. The molecule has 232 valence electrons. The summed E-state index contributed by atoms with van der Waals surface area (Å²) in [5.41, 5.74) is 2.09. The molecule has 0 aliphatic carbocycles. The van der Waals surface area contributed by atoms with Crippen LogP contribution in [0.4, 0.5) is 5.69 Å². The number of benzene rings is 3. The van der Waals surface area contributed by atoms with E-state index < -0.39 is 28.5 Å². The van der Waals surface area contributed by atoms with Crippen LogP contribution in [-0.2, 0) is 26.2 Å². The number of methoxy groups -OCH3 is 2. The minimum absolute atomic E-state index is 0.0900. The molecule has 3 aromatic rings. The van der Waals surface area contributed by atoms with Crippen molar-refractivity contribution >= 4 is 27.5 Å². The summed E-state index contributed by atoms with van der Waals surface area (Å²) in [5, 5.41) is 2.81. The molecular formula is C32H41N3O7S. The molecule has 0 aliphatic rings. The Morgan fingerprint density at radius 2 is 1.60 bits per heavy atom. The van der Waals surface area contributed by atoms with Crippen LogP contribution in [0.25, 0.3) is 0 Å². The summed E-state index contributed by atoms with van der Waals surface area (Å²) in [6.45, 7) is 7.84. The van der Waals surface area contributed by atoms with E-state index in [1.165, 1.54) is 37.3 Å². The Hall–Kier alpha value is -4.25. The van der Waals surface area contributed by atoms with Gasteiger partial charge in [0, 0.05) is 19.2 Å². The van der Waals surface area contributed by atoms with E-state index in [4.69, 9.17) is 14.2 Å². The number of nitrogens with zero attached hydrogens (tertiary/aromatic N) is 2. The van der Waals surface area contributed by atoms with Crippen LogP contribution in [-0.4, -0.2) is 65.1 Å². The highest BCUT2D eigenvalue weighted by molar-refractivity contribution is 7.92. The number of hydrogen-bond acceptors (Lipinski definition) is 7. The second kappa shape index (κ2) is 15.3. The monoisotopic (exact) mass is 611 g/mol. The third kappa shape index (κ3) is 8.19. The van der Waals surface area contributed by atoms with E-state index in [0.29, 0.717) is 31.1 Å². The number of ether oxygens (including phenoxy) is 3. The number of carbonyl (C=O) groups is 2. The number of aryl methyl sites for hydroxylation is 1. The molecule has 2 amide bonds. The summed E-state index contributed by atoms with van der Waals surface area (Å²) in [6, 6.07) is 17.6. The van der Waals surface area contributed by atoms with Gasteiger partial charge in [0.2, 0.25) is 11.8 Å². The van der Waals surface area contributed by atoms with Gasteiger partial charge in [0.15, 0.2) is 11.5 Å². The van der Waals surface area contributed by atoms with E-state index in [-0.39, 0.29) is 28.8 Å². The summed E-state index contributed by atoms with van der Waals surface area (Å²) >= 11 is 0. The quantitative estimate of drug-likeness (QED) is 0.268. The third-order valence-electron chi connectivity index (χ3n) is 6.83. The largest absolute Gasteiger partial charge is 0.494 e. The standard InChI is InChI=1S/C32H41N3O7S/c1-7-28(32(37)33-8-2)34(21-24-12-10-11-23(4)19-24)31(36)22-35(25-13-15-26(16-14-25)42-9-3)43(38,39)27-17-18-29(40-5)30(20-27)41-6/h10-20,28H,7-9,21-22H2,1-6H3,(H,33,37). The van der Waals surface area contributed by atoms with Crippen molar-refractivity contribution in [1.82, 2.24) is 10.2 Å². The summed E-state index contributed by atoms with van der Waals surface area (Å²) in [4.78, 5) is 28.6. The van der Waals surface area contributed by atoms with E-state index in [0.717, 1.165) is 15.4 Å². The SMILES string of the molecule is CCNC(=O)C(CC)N(Cc1cccc(C)c1)C(=O)CN(c1ccc(OCC)cc1)S(=O)(=O)c1ccc(OC)c(OC)c1. The topological polar surface area (TPSA) is 114 Å². The minimum Gasteiger partial charge on any atom is -0.494 e. The van der Waals surface area contributed by atoms with Crippen molar-refractivity contribution in [3.63, 3.8) is 0 Å². The molecule has 3 rings (SSSR count). The molecular weight excluding hydrogens is 570 g/mol. The first-order valence-corrected chi connectivity index (χ1v) is 15.6. The van der Waals surface area contributed by atoms with Crippen LogP contribution in [0.15, 0.2) is 71.6 Å². The molecule has 0 aromatic heterocycles. The molecule has 0 spiro atoms. The van der Waals surface area contributed by atoms with Gasteiger partial charge in [-0.1, -0.05) is 36.8 Å². The summed E-state index contributed by atoms with van der Waals surface area (Å²) in [7, 11) is -1.43. The first-order chi connectivity index (χ1) is 20.6. The predicted octanol–water partition coefficient (Wildman–Crippen LogP) is 4.55. The van der Waals surface area contributed by atoms with Crippen LogP contribution in [0.3, 0.4) is 0 Å². The molecule has 0 saturated heterocycles. The Labute approximate surface area is 254 Å². The molecule has 0 fully saturated rings. The zero-order valence-electron chi connectivity index (χ0n) is 25.6. The Morgan fingerprint density at radius 1 is 0.907 bits per heavy atom. The highest BCUT2D eigenvalue weighted by Gasteiger charge is 2.34. The first kappa shape index (κ1) is 33.3. The molecule has 10 nitrogen and oxygen atoms in total. The number of carbonyl (C=O) groups excluding carboxylic acids is 2. The third-order valence-corrected chi connectivity index (χ3v) is 8.60. The van der Waals surface area contributed by atoms with Crippen molar-refractivity contribution in [1.29, 1.82) is 0 Å². The van der Waals surface area contributed by atoms with Crippen LogP contribution in [0.5, 0.6) is 17.2 Å². The van der Waals surface area contributed by atoms with Gasteiger partial charge in [0.1, 0.15) is 18.3 Å². The molecule has 43 heavy (non-hydrogen) atoms. The normalized spacial score (nSPS) is 11.8. The zero-order chi connectivity index (χ0) is 31.6. The maximum atomic E-state index is 14.2. The average Bonchev–Trinajstić information content (AvgIpc) is 3.00. The Kier molecular flexibility index (Phi) is 11.8. The van der Waals surface area contributed by atoms with E-state index in [1.54, 1.807) is 31.2 Å². The lowest BCUT2D eigenvalue weighted by Crippen LogP contribution is -2.52. The van der Waals surface area contributed by atoms with E-state index in [9.17, 15) is 18.0 Å². The van der Waals surface area contributed by atoms with Gasteiger partial charge in [0.25, 0.3) is 10.0 Å². The van der Waals surface area contributed by atoms with Gasteiger partial charge in [-0.25, -0.2) is 8.42 Å². The van der Waals surface area contributed by atoms with Gasteiger partial charge in [-0.3, -0.25) is 13.9 Å². The second-order valence-corrected chi connectivity index (χ2v) is 11.6. The smallest absolute Gasteiger partial charge is 0.264 e. The van der Waals surface area contributed by atoms with Crippen molar-refractivity contribution in [2.75, 3.05) is 38.2 Å². The maximum absolute atomic E-state index is 14.2. The van der Waals surface area contributed by atoms with Crippen LogP contribution in [0.1, 0.15) is 38.3 Å². The Bertz CT molecular complexity index is 1490. The molecule has 11 heteroatoms. The lowest BCUT2D eigenvalue weighted by atomic mass is 10.1. The van der Waals surface area contributed by atoms with Crippen molar-refractivity contribution in [2.45, 2.75) is 51.6 Å². The number of likely N-dealkylation sites (N-methyl/N-ethyl adjacent to an activating group) is 1. The number of hydrogen-bond donors (Lipinski definition) is 1. The number of anilines is 1. The maximum Gasteiger partial charge on any atom is 0.264 e. The number of nitrogens with one attached hydrogen (secondary N) is 1. The van der Waals surface area contributed by atoms with Crippen LogP contribution in [0.2, 0.25) is 0 Å². The summed E-state index contributed by atoms with van der Waals surface area (Å²) in [6.07, 6.45) is 0.342. The molecule has 1 N–H and O–H groups in total. The highest BCUT2D eigenvalue weighted by Crippen LogP contribution is 2.33. The van der Waals surface area contributed by atoms with E-state index in [2.05, 4.69) is 5.32 Å². The molecule has 1 atom stereocenters. The number of amides is 2. The summed E-state index contributed by atoms with van der Waals surface area (Å²) in [5.74, 6) is 0.315. The van der Waals surface area contributed by atoms with Gasteiger partial charge in [-0.15, -0.1) is 0 Å². The fraction of sp³-hybridized carbons (Fsp3) is 0.375. The van der Waals surface area contributed by atoms with Gasteiger partial charge >= 0.3 is 0 Å². The lowest BCUT2D eigenvalue weighted by molar-refractivity contribution is -0.140. The van der Waals surface area contributed by atoms with Crippen molar-refractivity contribution < 1.29 is 32.2 Å². The van der Waals surface area contributed by atoms with E-state index in [1.807, 2.05) is 45.0 Å². The molecule has 0 bridgehead atoms. The van der Waals surface area contributed by atoms with Crippen molar-refractivity contribution in [3.05, 3.63) is 77.9 Å². The highest BCUT2D eigenvalue weighted by atomic mass is 32.2. The van der Waals surface area contributed by atoms with Gasteiger partial charge in [-0.2, -0.15) is 0 Å². The van der Waals surface area contributed by atoms with Gasteiger partial charge in [0.05, 0.1) is 31.4 Å². The molecule has 1 unspecified atom stereocenters.